The zero-order valence-electron chi connectivity index (χ0n) is 20.2. The normalized spacial score (nSPS) is 22.7. The quantitative estimate of drug-likeness (QED) is 0.492. The first-order valence-electron chi connectivity index (χ1n) is 12.3. The predicted octanol–water partition coefficient (Wildman–Crippen LogP) is 5.74. The molecule has 0 spiro atoms. The van der Waals surface area contributed by atoms with E-state index in [9.17, 15) is 8.42 Å². The van der Waals surface area contributed by atoms with Gasteiger partial charge in [-0.3, -0.25) is 5.10 Å². The maximum atomic E-state index is 12.3. The molecule has 0 radical (unpaired) electrons. The Labute approximate surface area is 201 Å². The van der Waals surface area contributed by atoms with Crippen LogP contribution in [-0.4, -0.2) is 29.4 Å². The van der Waals surface area contributed by atoms with Gasteiger partial charge in [-0.1, -0.05) is 26.8 Å². The van der Waals surface area contributed by atoms with Crippen LogP contribution in [-0.2, 0) is 27.4 Å². The minimum Gasteiger partial charge on any atom is -0.448 e. The van der Waals surface area contributed by atoms with E-state index in [4.69, 9.17) is 9.40 Å². The molecule has 34 heavy (non-hydrogen) atoms. The van der Waals surface area contributed by atoms with Crippen molar-refractivity contribution < 1.29 is 12.8 Å². The molecule has 2 N–H and O–H groups in total. The Morgan fingerprint density at radius 1 is 1.09 bits per heavy atom. The molecule has 1 fully saturated rings. The molecule has 1 aliphatic heterocycles. The lowest BCUT2D eigenvalue weighted by molar-refractivity contribution is 0.445. The molecule has 0 amide bonds. The first-order valence-corrected chi connectivity index (χ1v) is 14.1. The number of hydrogen-bond acceptors (Lipinski definition) is 6. The highest BCUT2D eigenvalue weighted by Gasteiger charge is 2.32. The molecule has 7 nitrogen and oxygen atoms in total. The zero-order valence-corrected chi connectivity index (χ0v) is 21.0. The molecule has 2 aliphatic rings. The zero-order chi connectivity index (χ0) is 23.9. The van der Waals surface area contributed by atoms with E-state index in [0.717, 1.165) is 78.4 Å². The number of nitrogens with zero attached hydrogens (tertiary/aromatic N) is 2. The fourth-order valence-corrected chi connectivity index (χ4v) is 6.62. The Hall–Kier alpha value is -2.61. The molecule has 8 heteroatoms. The fourth-order valence-electron chi connectivity index (χ4n) is 5.09. The van der Waals surface area contributed by atoms with Crippen LogP contribution in [0, 0.1) is 0 Å². The van der Waals surface area contributed by atoms with Crippen LogP contribution in [0.25, 0.3) is 0 Å². The van der Waals surface area contributed by atoms with Gasteiger partial charge in [0.25, 0.3) is 0 Å². The Bertz CT molecular complexity index is 1270. The molecule has 2 atom stereocenters. The second-order valence-corrected chi connectivity index (χ2v) is 13.1. The lowest BCUT2D eigenvalue weighted by Gasteiger charge is -2.15. The summed E-state index contributed by atoms with van der Waals surface area (Å²) in [6.07, 6.45) is 7.49. The summed E-state index contributed by atoms with van der Waals surface area (Å²) in [4.78, 5) is 4.76. The number of sulfone groups is 1. The van der Waals surface area contributed by atoms with E-state index in [2.05, 4.69) is 48.4 Å². The van der Waals surface area contributed by atoms with Gasteiger partial charge in [0.15, 0.2) is 21.5 Å². The molecular weight excluding hydrogens is 448 g/mol. The van der Waals surface area contributed by atoms with Gasteiger partial charge in [-0.25, -0.2) is 13.4 Å². The molecule has 2 aromatic heterocycles. The third-order valence-corrected chi connectivity index (χ3v) is 8.78. The van der Waals surface area contributed by atoms with Crippen molar-refractivity contribution in [3.05, 3.63) is 58.9 Å². The summed E-state index contributed by atoms with van der Waals surface area (Å²) in [6, 6.07) is 8.10. The van der Waals surface area contributed by atoms with Crippen molar-refractivity contribution in [2.24, 2.45) is 0 Å². The van der Waals surface area contributed by atoms with Gasteiger partial charge >= 0.3 is 0 Å². The highest BCUT2D eigenvalue weighted by atomic mass is 32.2. The molecule has 1 saturated carbocycles. The monoisotopic (exact) mass is 482 g/mol. The standard InChI is InChI=1S/C26H34N4O3S/c1-26(2,3)23-15-33-25(28-23)19-8-7-18(12-19)22-14-24(30-29-22)27-21-10-9-17-6-4-5-11-34(31,32)16-20(17)13-21/h9-10,13-15,18-19H,4-8,11-12,16H2,1-3H3,(H2,27,29,30). The molecule has 1 aliphatic carbocycles. The van der Waals surface area contributed by atoms with Gasteiger partial charge in [0.05, 0.1) is 17.2 Å². The Morgan fingerprint density at radius 3 is 2.71 bits per heavy atom. The third-order valence-electron chi connectivity index (χ3n) is 7.12. The number of anilines is 2. The molecule has 5 rings (SSSR count). The van der Waals surface area contributed by atoms with Crippen LogP contribution in [0.15, 0.2) is 34.9 Å². The number of aromatic amines is 1. The summed E-state index contributed by atoms with van der Waals surface area (Å²) in [5.74, 6) is 2.71. The van der Waals surface area contributed by atoms with Crippen LogP contribution in [0.5, 0.6) is 0 Å². The first kappa shape index (κ1) is 23.1. The summed E-state index contributed by atoms with van der Waals surface area (Å²) < 4.78 is 30.5. The maximum Gasteiger partial charge on any atom is 0.197 e. The van der Waals surface area contributed by atoms with E-state index in [0.29, 0.717) is 11.8 Å². The van der Waals surface area contributed by atoms with Gasteiger partial charge in [0.2, 0.25) is 0 Å². The van der Waals surface area contributed by atoms with Crippen molar-refractivity contribution >= 4 is 21.3 Å². The highest BCUT2D eigenvalue weighted by Crippen LogP contribution is 2.43. The number of oxazole rings is 1. The smallest absolute Gasteiger partial charge is 0.197 e. The van der Waals surface area contributed by atoms with E-state index in [-0.39, 0.29) is 16.9 Å². The number of benzene rings is 1. The topological polar surface area (TPSA) is 101 Å². The largest absolute Gasteiger partial charge is 0.448 e. The molecule has 182 valence electrons. The molecular formula is C26H34N4O3S. The van der Waals surface area contributed by atoms with Crippen molar-refractivity contribution in [1.29, 1.82) is 0 Å². The summed E-state index contributed by atoms with van der Waals surface area (Å²) in [5, 5.41) is 11.0. The number of aryl methyl sites for hydroxylation is 1. The lowest BCUT2D eigenvalue weighted by atomic mass is 9.93. The van der Waals surface area contributed by atoms with E-state index in [1.165, 1.54) is 0 Å². The van der Waals surface area contributed by atoms with E-state index in [1.807, 2.05) is 12.1 Å². The second kappa shape index (κ2) is 8.87. The van der Waals surface area contributed by atoms with Crippen molar-refractivity contribution in [2.45, 2.75) is 82.3 Å². The van der Waals surface area contributed by atoms with Gasteiger partial charge in [0.1, 0.15) is 6.26 Å². The molecule has 3 aromatic rings. The first-order chi connectivity index (χ1) is 16.2. The van der Waals surface area contributed by atoms with Crippen molar-refractivity contribution in [2.75, 3.05) is 11.1 Å². The summed E-state index contributed by atoms with van der Waals surface area (Å²) >= 11 is 0. The van der Waals surface area contributed by atoms with Crippen LogP contribution >= 0.6 is 0 Å². The molecule has 0 saturated heterocycles. The molecule has 2 unspecified atom stereocenters. The van der Waals surface area contributed by atoms with Gasteiger partial charge < -0.3 is 9.73 Å². The summed E-state index contributed by atoms with van der Waals surface area (Å²) in [6.45, 7) is 6.45. The minimum absolute atomic E-state index is 0.0110. The van der Waals surface area contributed by atoms with Crippen LogP contribution in [0.2, 0.25) is 0 Å². The van der Waals surface area contributed by atoms with Crippen LogP contribution in [0.4, 0.5) is 11.5 Å². The van der Waals surface area contributed by atoms with Crippen LogP contribution < -0.4 is 5.32 Å². The molecule has 1 aromatic carbocycles. The highest BCUT2D eigenvalue weighted by molar-refractivity contribution is 7.90. The Morgan fingerprint density at radius 2 is 1.91 bits per heavy atom. The summed E-state index contributed by atoms with van der Waals surface area (Å²) in [5.41, 5.74) is 5.01. The van der Waals surface area contributed by atoms with Gasteiger partial charge in [-0.15, -0.1) is 0 Å². The van der Waals surface area contributed by atoms with Crippen molar-refractivity contribution in [3.63, 3.8) is 0 Å². The maximum absolute atomic E-state index is 12.3. The van der Waals surface area contributed by atoms with Gasteiger partial charge in [0, 0.05) is 34.7 Å². The van der Waals surface area contributed by atoms with Crippen molar-refractivity contribution in [3.8, 4) is 0 Å². The number of aromatic nitrogens is 3. The lowest BCUT2D eigenvalue weighted by Crippen LogP contribution is -2.14. The van der Waals surface area contributed by atoms with Gasteiger partial charge in [-0.2, -0.15) is 5.10 Å². The van der Waals surface area contributed by atoms with Crippen LogP contribution in [0.1, 0.15) is 93.1 Å². The van der Waals surface area contributed by atoms with E-state index >= 15 is 0 Å². The number of hydrogen-bond donors (Lipinski definition) is 2. The van der Waals surface area contributed by atoms with Crippen LogP contribution in [0.3, 0.4) is 0 Å². The average Bonchev–Trinajstić information content (AvgIpc) is 3.50. The Balaban J connectivity index is 1.26. The summed E-state index contributed by atoms with van der Waals surface area (Å²) in [7, 11) is -3.05. The second-order valence-electron chi connectivity index (χ2n) is 10.9. The molecule has 0 bridgehead atoms. The number of H-pyrrole nitrogens is 1. The van der Waals surface area contributed by atoms with Crippen molar-refractivity contribution in [1.82, 2.24) is 15.2 Å². The predicted molar refractivity (Wildman–Crippen MR) is 133 cm³/mol. The number of fused-ring (bicyclic) bond motifs is 1. The van der Waals surface area contributed by atoms with E-state index in [1.54, 1.807) is 6.26 Å². The fraction of sp³-hybridized carbons (Fsp3) is 0.538. The number of rotatable bonds is 4. The number of nitrogens with one attached hydrogen (secondary N) is 2. The third kappa shape index (κ3) is 5.06. The molecule has 3 heterocycles. The minimum atomic E-state index is -3.05. The van der Waals surface area contributed by atoms with Gasteiger partial charge in [-0.05, 0) is 61.8 Å². The average molecular weight is 483 g/mol. The SMILES string of the molecule is CC(C)(C)c1coc(C2CCC(c3cc(Nc4ccc5c(c4)CS(=O)(=O)CCCC5)n[nH]3)C2)n1. The van der Waals surface area contributed by atoms with E-state index < -0.39 is 9.84 Å². The Kier molecular flexibility index (Phi) is 6.04.